The molecule has 0 saturated heterocycles. The van der Waals surface area contributed by atoms with Gasteiger partial charge in [-0.25, -0.2) is 0 Å². The SMILES string of the molecule is c1ccc2c(c1)ccc1c3ccccc3c(-c3ccc(N(c4ccc5c(c4)oc4ccccc45)c4ccc5sc6ccccc6c5c4)cc3)cc21. The van der Waals surface area contributed by atoms with E-state index in [0.717, 1.165) is 39.0 Å². The summed E-state index contributed by atoms with van der Waals surface area (Å²) < 4.78 is 8.98. The van der Waals surface area contributed by atoms with E-state index in [-0.39, 0.29) is 0 Å². The van der Waals surface area contributed by atoms with E-state index >= 15 is 0 Å². The van der Waals surface area contributed by atoms with Crippen LogP contribution >= 0.6 is 11.3 Å². The Morgan fingerprint density at radius 2 is 0.961 bits per heavy atom. The van der Waals surface area contributed by atoms with Gasteiger partial charge in [0, 0.05) is 54.1 Å². The van der Waals surface area contributed by atoms with Crippen LogP contribution in [0.5, 0.6) is 0 Å². The highest BCUT2D eigenvalue weighted by Crippen LogP contribution is 2.44. The Morgan fingerprint density at radius 1 is 0.353 bits per heavy atom. The lowest BCUT2D eigenvalue weighted by Crippen LogP contribution is -2.09. The lowest BCUT2D eigenvalue weighted by molar-refractivity contribution is 0.669. The molecule has 0 atom stereocenters. The van der Waals surface area contributed by atoms with Gasteiger partial charge in [0.2, 0.25) is 0 Å². The van der Waals surface area contributed by atoms with Gasteiger partial charge in [-0.1, -0.05) is 109 Å². The summed E-state index contributed by atoms with van der Waals surface area (Å²) >= 11 is 1.85. The number of anilines is 3. The second-order valence-electron chi connectivity index (χ2n) is 13.3. The number of para-hydroxylation sites is 1. The van der Waals surface area contributed by atoms with Gasteiger partial charge < -0.3 is 9.32 Å². The monoisotopic (exact) mass is 667 g/mol. The summed E-state index contributed by atoms with van der Waals surface area (Å²) in [5.74, 6) is 0. The first kappa shape index (κ1) is 28.4. The number of furan rings is 1. The minimum atomic E-state index is 0.882. The molecule has 11 rings (SSSR count). The first-order valence-corrected chi connectivity index (χ1v) is 18.1. The maximum Gasteiger partial charge on any atom is 0.137 e. The highest BCUT2D eigenvalue weighted by atomic mass is 32.1. The topological polar surface area (TPSA) is 16.4 Å². The minimum absolute atomic E-state index is 0.882. The van der Waals surface area contributed by atoms with E-state index in [1.807, 2.05) is 23.5 Å². The van der Waals surface area contributed by atoms with Gasteiger partial charge in [0.05, 0.1) is 0 Å². The Bertz CT molecular complexity index is 3150. The molecule has 0 N–H and O–H groups in total. The Hall–Kier alpha value is -6.42. The molecule has 3 heteroatoms. The van der Waals surface area contributed by atoms with Crippen LogP contribution in [0.4, 0.5) is 17.1 Å². The molecule has 0 unspecified atom stereocenters. The number of fused-ring (bicyclic) bond motifs is 11. The number of hydrogen-bond donors (Lipinski definition) is 0. The molecule has 0 fully saturated rings. The summed E-state index contributed by atoms with van der Waals surface area (Å²) in [6, 6.07) is 63.9. The molecule has 0 radical (unpaired) electrons. The zero-order valence-electron chi connectivity index (χ0n) is 27.5. The van der Waals surface area contributed by atoms with Crippen LogP contribution in [0.1, 0.15) is 0 Å². The van der Waals surface area contributed by atoms with Crippen LogP contribution in [0.25, 0.3) is 85.6 Å². The molecular formula is C48H29NOS. The molecule has 9 aromatic carbocycles. The predicted molar refractivity (Wildman–Crippen MR) is 219 cm³/mol. The van der Waals surface area contributed by atoms with Crippen molar-refractivity contribution < 1.29 is 4.42 Å². The summed E-state index contributed by atoms with van der Waals surface area (Å²) in [7, 11) is 0. The van der Waals surface area contributed by atoms with E-state index in [9.17, 15) is 0 Å². The quantitative estimate of drug-likeness (QED) is 0.174. The second-order valence-corrected chi connectivity index (χ2v) is 14.4. The highest BCUT2D eigenvalue weighted by molar-refractivity contribution is 7.25. The van der Waals surface area contributed by atoms with E-state index in [2.05, 4.69) is 169 Å². The average molecular weight is 668 g/mol. The fourth-order valence-electron chi connectivity index (χ4n) is 8.04. The van der Waals surface area contributed by atoms with Crippen molar-refractivity contribution in [1.29, 1.82) is 0 Å². The lowest BCUT2D eigenvalue weighted by atomic mass is 9.91. The molecule has 0 aliphatic rings. The van der Waals surface area contributed by atoms with Gasteiger partial charge in [-0.15, -0.1) is 11.3 Å². The van der Waals surface area contributed by atoms with Crippen LogP contribution in [0.15, 0.2) is 180 Å². The van der Waals surface area contributed by atoms with Crippen LogP contribution in [0.3, 0.4) is 0 Å². The molecule has 0 spiro atoms. The Kier molecular flexibility index (Phi) is 6.16. The van der Waals surface area contributed by atoms with Crippen molar-refractivity contribution in [2.45, 2.75) is 0 Å². The van der Waals surface area contributed by atoms with Gasteiger partial charge >= 0.3 is 0 Å². The van der Waals surface area contributed by atoms with E-state index < -0.39 is 0 Å². The van der Waals surface area contributed by atoms with Gasteiger partial charge in [-0.3, -0.25) is 0 Å². The lowest BCUT2D eigenvalue weighted by Gasteiger charge is -2.26. The smallest absolute Gasteiger partial charge is 0.137 e. The van der Waals surface area contributed by atoms with E-state index in [4.69, 9.17) is 4.42 Å². The largest absolute Gasteiger partial charge is 0.456 e. The first-order chi connectivity index (χ1) is 25.3. The van der Waals surface area contributed by atoms with Crippen molar-refractivity contribution in [2.24, 2.45) is 0 Å². The van der Waals surface area contributed by atoms with Crippen LogP contribution < -0.4 is 4.90 Å². The number of hydrogen-bond acceptors (Lipinski definition) is 3. The molecule has 2 heterocycles. The fourth-order valence-corrected chi connectivity index (χ4v) is 9.13. The molecule has 0 aliphatic heterocycles. The molecule has 238 valence electrons. The average Bonchev–Trinajstić information content (AvgIpc) is 3.76. The molecule has 0 amide bonds. The van der Waals surface area contributed by atoms with Crippen molar-refractivity contribution in [1.82, 2.24) is 0 Å². The van der Waals surface area contributed by atoms with E-state index in [1.54, 1.807) is 0 Å². The predicted octanol–water partition coefficient (Wildman–Crippen LogP) is 14.6. The van der Waals surface area contributed by atoms with Gasteiger partial charge in [-0.2, -0.15) is 0 Å². The molecule has 0 aliphatic carbocycles. The maximum absolute atomic E-state index is 6.39. The third-order valence-corrected chi connectivity index (χ3v) is 11.6. The van der Waals surface area contributed by atoms with Crippen molar-refractivity contribution in [3.8, 4) is 11.1 Å². The van der Waals surface area contributed by atoms with Crippen LogP contribution in [0.2, 0.25) is 0 Å². The fraction of sp³-hybridized carbons (Fsp3) is 0. The van der Waals surface area contributed by atoms with Crippen LogP contribution in [-0.2, 0) is 0 Å². The van der Waals surface area contributed by atoms with Crippen molar-refractivity contribution in [2.75, 3.05) is 4.90 Å². The zero-order chi connectivity index (χ0) is 33.5. The third-order valence-electron chi connectivity index (χ3n) is 10.4. The van der Waals surface area contributed by atoms with Gasteiger partial charge in [-0.05, 0) is 104 Å². The van der Waals surface area contributed by atoms with E-state index in [1.165, 1.54) is 63.6 Å². The van der Waals surface area contributed by atoms with Crippen molar-refractivity contribution in [3.05, 3.63) is 176 Å². The Balaban J connectivity index is 1.10. The second kappa shape index (κ2) is 11.0. The summed E-state index contributed by atoms with van der Waals surface area (Å²) in [6.45, 7) is 0. The van der Waals surface area contributed by atoms with Gasteiger partial charge in [0.25, 0.3) is 0 Å². The molecule has 2 aromatic heterocycles. The third kappa shape index (κ3) is 4.42. The summed E-state index contributed by atoms with van der Waals surface area (Å²) in [5.41, 5.74) is 7.46. The molecule has 0 saturated carbocycles. The highest BCUT2D eigenvalue weighted by Gasteiger charge is 2.18. The van der Waals surface area contributed by atoms with Crippen LogP contribution in [-0.4, -0.2) is 0 Å². The number of benzene rings is 9. The van der Waals surface area contributed by atoms with Crippen LogP contribution in [0, 0.1) is 0 Å². The maximum atomic E-state index is 6.39. The summed E-state index contributed by atoms with van der Waals surface area (Å²) in [6.07, 6.45) is 0. The van der Waals surface area contributed by atoms with Gasteiger partial charge in [0.15, 0.2) is 0 Å². The summed E-state index contributed by atoms with van der Waals surface area (Å²) in [5, 5.41) is 12.5. The van der Waals surface area contributed by atoms with Crippen molar-refractivity contribution >= 4 is 103 Å². The number of thiophene rings is 1. The number of rotatable bonds is 4. The molecule has 0 bridgehead atoms. The molecular weight excluding hydrogens is 639 g/mol. The van der Waals surface area contributed by atoms with Gasteiger partial charge in [0.1, 0.15) is 11.2 Å². The molecule has 51 heavy (non-hydrogen) atoms. The van der Waals surface area contributed by atoms with Crippen molar-refractivity contribution in [3.63, 3.8) is 0 Å². The molecule has 11 aromatic rings. The first-order valence-electron chi connectivity index (χ1n) is 17.3. The standard InChI is InChI=1S/C48H29NOS/c1-2-10-35-30(9-1)19-24-38-36-11-3-4-12-37(36)42(29-43(35)38)31-17-20-32(21-18-31)49(33-23-26-48-44(27-33)41-14-6-8-16-47(41)51-48)34-22-25-40-39-13-5-7-15-45(39)50-46(40)28-34/h1-29H. The normalized spacial score (nSPS) is 11.9. The zero-order valence-corrected chi connectivity index (χ0v) is 28.3. The minimum Gasteiger partial charge on any atom is -0.456 e. The summed E-state index contributed by atoms with van der Waals surface area (Å²) in [4.78, 5) is 2.36. The van der Waals surface area contributed by atoms with E-state index in [0.29, 0.717) is 0 Å². The number of nitrogens with zero attached hydrogens (tertiary/aromatic N) is 1. The molecule has 2 nitrogen and oxygen atoms in total. The Morgan fingerprint density at radius 3 is 1.84 bits per heavy atom. The Labute approximate surface area is 298 Å².